The minimum atomic E-state index is -3.26. The van der Waals surface area contributed by atoms with Crippen LogP contribution in [0, 0.1) is 5.41 Å². The van der Waals surface area contributed by atoms with Gasteiger partial charge in [-0.25, -0.2) is 8.42 Å². The molecular formula is C28H30N4O4S. The highest BCUT2D eigenvalue weighted by Crippen LogP contribution is 2.35. The second-order valence-corrected chi connectivity index (χ2v) is 11.5. The number of amides is 1. The zero-order valence-electron chi connectivity index (χ0n) is 20.7. The van der Waals surface area contributed by atoms with Crippen LogP contribution in [-0.4, -0.2) is 45.5 Å². The molecule has 192 valence electrons. The molecule has 1 fully saturated rings. The van der Waals surface area contributed by atoms with Gasteiger partial charge in [-0.15, -0.1) is 0 Å². The summed E-state index contributed by atoms with van der Waals surface area (Å²) in [6, 6.07) is 12.4. The van der Waals surface area contributed by atoms with E-state index in [0.29, 0.717) is 29.7 Å². The quantitative estimate of drug-likeness (QED) is 0.515. The van der Waals surface area contributed by atoms with Crippen LogP contribution < -0.4 is 20.3 Å². The molecule has 0 radical (unpaired) electrons. The van der Waals surface area contributed by atoms with Gasteiger partial charge in [0.05, 0.1) is 22.9 Å². The fourth-order valence-corrected chi connectivity index (χ4v) is 4.85. The Balaban J connectivity index is 1.31. The monoisotopic (exact) mass is 518 g/mol. The number of nitrogens with one attached hydrogen (secondary N) is 3. The lowest BCUT2D eigenvalue weighted by Crippen LogP contribution is -2.25. The van der Waals surface area contributed by atoms with E-state index in [1.807, 2.05) is 30.5 Å². The molecule has 1 heterocycles. The molecule has 2 aromatic rings. The van der Waals surface area contributed by atoms with Crippen molar-refractivity contribution in [2.45, 2.75) is 36.7 Å². The molecular weight excluding hydrogens is 488 g/mol. The highest BCUT2D eigenvalue weighted by Gasteiger charge is 2.23. The first kappa shape index (κ1) is 24.8. The first-order valence-corrected chi connectivity index (χ1v) is 14.2. The van der Waals surface area contributed by atoms with Crippen LogP contribution in [0.25, 0.3) is 0 Å². The predicted octanol–water partition coefficient (Wildman–Crippen LogP) is 3.72. The molecule has 0 bridgehead atoms. The van der Waals surface area contributed by atoms with E-state index < -0.39 is 9.84 Å². The van der Waals surface area contributed by atoms with Gasteiger partial charge in [0.1, 0.15) is 5.75 Å². The van der Waals surface area contributed by atoms with E-state index in [0.717, 1.165) is 35.5 Å². The molecule has 0 saturated heterocycles. The maximum absolute atomic E-state index is 12.9. The number of benzene rings is 2. The predicted molar refractivity (Wildman–Crippen MR) is 144 cm³/mol. The minimum Gasteiger partial charge on any atom is -0.491 e. The van der Waals surface area contributed by atoms with Crippen molar-refractivity contribution in [3.05, 3.63) is 89.3 Å². The number of rotatable bonds is 7. The summed E-state index contributed by atoms with van der Waals surface area (Å²) in [5.74, 6) is 0.398. The van der Waals surface area contributed by atoms with Crippen molar-refractivity contribution in [1.82, 2.24) is 10.6 Å². The van der Waals surface area contributed by atoms with E-state index in [1.165, 1.54) is 19.1 Å². The number of fused-ring (bicyclic) bond motifs is 1. The number of allylic oxidation sites excluding steroid dienone is 4. The van der Waals surface area contributed by atoms with Gasteiger partial charge in [0, 0.05) is 48.4 Å². The maximum Gasteiger partial charge on any atom is 0.251 e. The standard InChI is InChI=1S/C28H30N4O4S/c1-37(34,35)24-9-3-19(4-10-24)17-31-28(33)20-5-12-26-27(16-20)36-14-2-13-32(26)23-8-11-25(29)21(15-23)18-30-22-6-7-22/h3-5,8-12,15-16,18,22,29-30H,2,6-7,13-14,17H2,1H3,(H,31,33)/b21-18-,29-25?. The molecule has 1 saturated carbocycles. The van der Waals surface area contributed by atoms with E-state index in [1.54, 1.807) is 36.4 Å². The van der Waals surface area contributed by atoms with Crippen molar-refractivity contribution in [3.63, 3.8) is 0 Å². The molecule has 8 nitrogen and oxygen atoms in total. The van der Waals surface area contributed by atoms with Gasteiger partial charge in [0.2, 0.25) is 0 Å². The van der Waals surface area contributed by atoms with Gasteiger partial charge < -0.3 is 25.7 Å². The fourth-order valence-electron chi connectivity index (χ4n) is 4.22. The molecule has 5 rings (SSSR count). The van der Waals surface area contributed by atoms with E-state index in [-0.39, 0.29) is 17.3 Å². The molecule has 1 aliphatic heterocycles. The first-order chi connectivity index (χ1) is 17.8. The molecule has 3 N–H and O–H groups in total. The third-order valence-electron chi connectivity index (χ3n) is 6.50. The van der Waals surface area contributed by atoms with Gasteiger partial charge in [0.25, 0.3) is 5.91 Å². The molecule has 0 atom stereocenters. The summed E-state index contributed by atoms with van der Waals surface area (Å²) in [5.41, 5.74) is 4.46. The topological polar surface area (TPSA) is 112 Å². The van der Waals surface area contributed by atoms with Crippen LogP contribution in [0.4, 0.5) is 5.69 Å². The number of carbonyl (C=O) groups is 1. The van der Waals surface area contributed by atoms with Gasteiger partial charge in [0.15, 0.2) is 9.84 Å². The van der Waals surface area contributed by atoms with Crippen LogP contribution in [0.1, 0.15) is 35.2 Å². The second kappa shape index (κ2) is 10.3. The SMILES string of the molecule is CS(=O)(=O)c1ccc(CNC(=O)c2ccc3c(c2)OCCCN3C2=C/C(=C/NC3CC3)C(=N)C=C2)cc1. The Morgan fingerprint density at radius 3 is 2.68 bits per heavy atom. The number of sulfone groups is 1. The van der Waals surface area contributed by atoms with E-state index in [4.69, 9.17) is 10.1 Å². The lowest BCUT2D eigenvalue weighted by atomic mass is 10.0. The third kappa shape index (κ3) is 5.94. The number of hydrogen-bond acceptors (Lipinski definition) is 7. The molecule has 9 heteroatoms. The maximum atomic E-state index is 12.9. The van der Waals surface area contributed by atoms with Crippen LogP contribution in [0.3, 0.4) is 0 Å². The molecule has 3 aliphatic rings. The number of carbonyl (C=O) groups excluding carboxylic acids is 1. The second-order valence-electron chi connectivity index (χ2n) is 9.49. The summed E-state index contributed by atoms with van der Waals surface area (Å²) in [6.45, 7) is 1.58. The van der Waals surface area contributed by atoms with Crippen molar-refractivity contribution < 1.29 is 17.9 Å². The smallest absolute Gasteiger partial charge is 0.251 e. The fraction of sp³-hybridized carbons (Fsp3) is 0.286. The van der Waals surface area contributed by atoms with Crippen molar-refractivity contribution >= 4 is 27.1 Å². The number of ether oxygens (including phenoxy) is 1. The van der Waals surface area contributed by atoms with Crippen LogP contribution in [-0.2, 0) is 16.4 Å². The molecule has 0 unspecified atom stereocenters. The van der Waals surface area contributed by atoms with Crippen LogP contribution in [0.15, 0.2) is 83.1 Å². The van der Waals surface area contributed by atoms with E-state index in [9.17, 15) is 13.2 Å². The van der Waals surface area contributed by atoms with Gasteiger partial charge in [-0.3, -0.25) is 4.79 Å². The van der Waals surface area contributed by atoms with Gasteiger partial charge in [-0.2, -0.15) is 0 Å². The Morgan fingerprint density at radius 2 is 1.95 bits per heavy atom. The molecule has 0 aromatic heterocycles. The molecule has 2 aliphatic carbocycles. The Bertz CT molecular complexity index is 1420. The van der Waals surface area contributed by atoms with Crippen LogP contribution >= 0.6 is 0 Å². The molecule has 2 aromatic carbocycles. The summed E-state index contributed by atoms with van der Waals surface area (Å²) >= 11 is 0. The lowest BCUT2D eigenvalue weighted by molar-refractivity contribution is 0.0950. The van der Waals surface area contributed by atoms with Gasteiger partial charge in [-0.1, -0.05) is 12.1 Å². The van der Waals surface area contributed by atoms with Crippen LogP contribution in [0.2, 0.25) is 0 Å². The van der Waals surface area contributed by atoms with E-state index in [2.05, 4.69) is 15.5 Å². The summed E-state index contributed by atoms with van der Waals surface area (Å²) in [5, 5.41) is 14.5. The van der Waals surface area contributed by atoms with Crippen molar-refractivity contribution in [3.8, 4) is 5.75 Å². The first-order valence-electron chi connectivity index (χ1n) is 12.3. The van der Waals surface area contributed by atoms with Crippen molar-refractivity contribution in [2.75, 3.05) is 24.3 Å². The highest BCUT2D eigenvalue weighted by molar-refractivity contribution is 7.90. The average Bonchev–Trinajstić information content (AvgIpc) is 3.73. The zero-order chi connectivity index (χ0) is 26.0. The van der Waals surface area contributed by atoms with Crippen molar-refractivity contribution in [2.24, 2.45) is 0 Å². The number of hydrogen-bond donors (Lipinski definition) is 3. The third-order valence-corrected chi connectivity index (χ3v) is 7.63. The largest absolute Gasteiger partial charge is 0.491 e. The molecule has 37 heavy (non-hydrogen) atoms. The summed E-state index contributed by atoms with van der Waals surface area (Å²) in [7, 11) is -3.26. The molecule has 1 amide bonds. The highest BCUT2D eigenvalue weighted by atomic mass is 32.2. The number of nitrogens with zero attached hydrogens (tertiary/aromatic N) is 1. The summed E-state index contributed by atoms with van der Waals surface area (Å²) in [4.78, 5) is 15.3. The summed E-state index contributed by atoms with van der Waals surface area (Å²) in [6.07, 6.45) is 12.0. The normalized spacial score (nSPS) is 18.5. The number of anilines is 1. The average molecular weight is 519 g/mol. The zero-order valence-corrected chi connectivity index (χ0v) is 21.5. The Hall–Kier alpha value is -3.85. The van der Waals surface area contributed by atoms with Gasteiger partial charge >= 0.3 is 0 Å². The van der Waals surface area contributed by atoms with Crippen LogP contribution in [0.5, 0.6) is 5.75 Å². The summed E-state index contributed by atoms with van der Waals surface area (Å²) < 4.78 is 29.3. The van der Waals surface area contributed by atoms with Gasteiger partial charge in [-0.05, 0) is 73.4 Å². The Morgan fingerprint density at radius 1 is 1.16 bits per heavy atom. The lowest BCUT2D eigenvalue weighted by Gasteiger charge is -2.27. The minimum absolute atomic E-state index is 0.240. The Kier molecular flexibility index (Phi) is 6.88. The Labute approximate surface area is 217 Å². The van der Waals surface area contributed by atoms with E-state index >= 15 is 0 Å². The molecule has 0 spiro atoms. The van der Waals surface area contributed by atoms with Crippen molar-refractivity contribution in [1.29, 1.82) is 5.41 Å².